The quantitative estimate of drug-likeness (QED) is 0.337. The Kier molecular flexibility index (Phi) is 7.45. The van der Waals surface area contributed by atoms with Gasteiger partial charge >= 0.3 is 0 Å². The summed E-state index contributed by atoms with van der Waals surface area (Å²) in [4.78, 5) is 8.34. The number of halogens is 2. The number of guanidine groups is 1. The second-order valence-electron chi connectivity index (χ2n) is 5.03. The third kappa shape index (κ3) is 5.76. The lowest BCUT2D eigenvalue weighted by molar-refractivity contribution is 0.551. The van der Waals surface area contributed by atoms with Crippen molar-refractivity contribution in [2.45, 2.75) is 23.7 Å². The van der Waals surface area contributed by atoms with Crippen LogP contribution in [0.25, 0.3) is 0 Å². The van der Waals surface area contributed by atoms with E-state index in [1.165, 1.54) is 12.1 Å². The fourth-order valence-electron chi connectivity index (χ4n) is 2.05. The first-order valence-electron chi connectivity index (χ1n) is 7.54. The Balaban J connectivity index is 1.75. The fraction of sp³-hybridized carbons (Fsp3) is 0.375. The summed E-state index contributed by atoms with van der Waals surface area (Å²) in [6.45, 7) is 2.55. The summed E-state index contributed by atoms with van der Waals surface area (Å²) in [5.74, 6) is 0.402. The predicted molar refractivity (Wildman–Crippen MR) is 96.7 cm³/mol. The number of thioether (sulfide) groups is 1. The largest absolute Gasteiger partial charge is 0.356 e. The van der Waals surface area contributed by atoms with Crippen molar-refractivity contribution in [3.63, 3.8) is 0 Å². The molecule has 24 heavy (non-hydrogen) atoms. The summed E-state index contributed by atoms with van der Waals surface area (Å²) in [6.07, 6.45) is 2.75. The monoisotopic (exact) mass is 370 g/mol. The van der Waals surface area contributed by atoms with Gasteiger partial charge in [-0.25, -0.2) is 13.8 Å². The molecule has 0 saturated carbocycles. The normalized spacial score (nSPS) is 12.9. The molecule has 0 fully saturated rings. The highest BCUT2D eigenvalue weighted by molar-refractivity contribution is 8.00. The number of benzene rings is 1. The molecule has 0 aliphatic rings. The number of thiazole rings is 1. The molecule has 0 spiro atoms. The zero-order valence-corrected chi connectivity index (χ0v) is 15.2. The molecule has 1 aromatic carbocycles. The summed E-state index contributed by atoms with van der Waals surface area (Å²) >= 11 is 3.36. The molecule has 0 radical (unpaired) electrons. The van der Waals surface area contributed by atoms with E-state index >= 15 is 0 Å². The van der Waals surface area contributed by atoms with Crippen molar-refractivity contribution in [3.8, 4) is 0 Å². The molecular formula is C16H20F2N4S2. The molecule has 0 aliphatic carbocycles. The Bertz CT molecular complexity index is 662. The molecule has 1 heterocycles. The first kappa shape index (κ1) is 18.7. The van der Waals surface area contributed by atoms with Crippen LogP contribution in [0.4, 0.5) is 8.78 Å². The minimum Gasteiger partial charge on any atom is -0.356 e. The Hall–Kier alpha value is -1.67. The van der Waals surface area contributed by atoms with Crippen molar-refractivity contribution in [2.75, 3.05) is 19.3 Å². The van der Waals surface area contributed by atoms with Gasteiger partial charge in [-0.15, -0.1) is 11.3 Å². The second kappa shape index (κ2) is 9.58. The molecule has 2 rings (SSSR count). The number of aromatic nitrogens is 1. The first-order chi connectivity index (χ1) is 11.6. The summed E-state index contributed by atoms with van der Waals surface area (Å²) in [7, 11) is 1.66. The molecule has 1 unspecified atom stereocenters. The first-order valence-corrected chi connectivity index (χ1v) is 9.41. The van der Waals surface area contributed by atoms with Crippen LogP contribution in [-0.4, -0.2) is 30.3 Å². The van der Waals surface area contributed by atoms with E-state index < -0.39 is 11.6 Å². The van der Waals surface area contributed by atoms with Crippen molar-refractivity contribution < 1.29 is 8.78 Å². The standard InChI is InChI=1S/C16H20F2N4S2/c1-11(13-5-4-12(17)10-14(13)18)22-15(19-2)20-6-3-8-23-16-21-7-9-24-16/h4-5,7,9-11H,3,6,8H2,1-2H3,(H2,19,20,22). The Morgan fingerprint density at radius 1 is 1.42 bits per heavy atom. The van der Waals surface area contributed by atoms with Gasteiger partial charge in [0.25, 0.3) is 0 Å². The van der Waals surface area contributed by atoms with Crippen molar-refractivity contribution in [2.24, 2.45) is 4.99 Å². The van der Waals surface area contributed by atoms with Crippen LogP contribution >= 0.6 is 23.1 Å². The number of aliphatic imine (C=N–C) groups is 1. The molecule has 0 bridgehead atoms. The number of rotatable bonds is 7. The lowest BCUT2D eigenvalue weighted by atomic mass is 10.1. The second-order valence-corrected chi connectivity index (χ2v) is 7.27. The predicted octanol–water partition coefficient (Wildman–Crippen LogP) is 3.83. The lowest BCUT2D eigenvalue weighted by Gasteiger charge is -2.18. The molecule has 4 nitrogen and oxygen atoms in total. The highest BCUT2D eigenvalue weighted by Crippen LogP contribution is 2.20. The van der Waals surface area contributed by atoms with E-state index in [0.717, 1.165) is 29.1 Å². The summed E-state index contributed by atoms with van der Waals surface area (Å²) < 4.78 is 27.8. The Morgan fingerprint density at radius 2 is 2.25 bits per heavy atom. The van der Waals surface area contributed by atoms with Crippen molar-refractivity contribution in [1.29, 1.82) is 0 Å². The van der Waals surface area contributed by atoms with E-state index in [4.69, 9.17) is 0 Å². The minimum atomic E-state index is -0.580. The summed E-state index contributed by atoms with van der Waals surface area (Å²) in [5, 5.41) is 8.26. The maximum Gasteiger partial charge on any atom is 0.191 e. The molecule has 1 atom stereocenters. The van der Waals surface area contributed by atoms with Gasteiger partial charge in [0, 0.05) is 42.6 Å². The molecule has 0 saturated heterocycles. The smallest absolute Gasteiger partial charge is 0.191 e. The molecule has 2 aromatic rings. The van der Waals surface area contributed by atoms with Gasteiger partial charge in [-0.2, -0.15) is 0 Å². The van der Waals surface area contributed by atoms with Gasteiger partial charge < -0.3 is 10.6 Å². The van der Waals surface area contributed by atoms with Gasteiger partial charge in [0.2, 0.25) is 0 Å². The van der Waals surface area contributed by atoms with Crippen molar-refractivity contribution in [3.05, 3.63) is 47.0 Å². The molecule has 0 amide bonds. The van der Waals surface area contributed by atoms with E-state index in [0.29, 0.717) is 11.5 Å². The van der Waals surface area contributed by atoms with E-state index in [1.807, 2.05) is 12.3 Å². The van der Waals surface area contributed by atoms with E-state index in [-0.39, 0.29) is 6.04 Å². The van der Waals surface area contributed by atoms with Gasteiger partial charge in [-0.3, -0.25) is 4.99 Å². The van der Waals surface area contributed by atoms with Crippen LogP contribution in [0.2, 0.25) is 0 Å². The molecule has 130 valence electrons. The Morgan fingerprint density at radius 3 is 2.92 bits per heavy atom. The van der Waals surface area contributed by atoms with Crippen molar-refractivity contribution >= 4 is 29.1 Å². The highest BCUT2D eigenvalue weighted by atomic mass is 32.2. The van der Waals surface area contributed by atoms with Gasteiger partial charge in [0.15, 0.2) is 5.96 Å². The lowest BCUT2D eigenvalue weighted by Crippen LogP contribution is -2.39. The van der Waals surface area contributed by atoms with Gasteiger partial charge in [-0.05, 0) is 19.4 Å². The summed E-state index contributed by atoms with van der Waals surface area (Å²) in [5.41, 5.74) is 0.402. The zero-order chi connectivity index (χ0) is 17.4. The maximum absolute atomic E-state index is 13.8. The average Bonchev–Trinajstić information content (AvgIpc) is 3.06. The van der Waals surface area contributed by atoms with Crippen LogP contribution in [0.15, 0.2) is 39.1 Å². The third-order valence-corrected chi connectivity index (χ3v) is 5.31. The summed E-state index contributed by atoms with van der Waals surface area (Å²) in [6, 6.07) is 3.27. The van der Waals surface area contributed by atoms with E-state index in [2.05, 4.69) is 20.6 Å². The molecule has 0 aliphatic heterocycles. The minimum absolute atomic E-state index is 0.318. The zero-order valence-electron chi connectivity index (χ0n) is 13.6. The number of nitrogens with zero attached hydrogens (tertiary/aromatic N) is 2. The number of hydrogen-bond acceptors (Lipinski definition) is 4. The topological polar surface area (TPSA) is 49.3 Å². The number of hydrogen-bond donors (Lipinski definition) is 2. The van der Waals surface area contributed by atoms with Gasteiger partial charge in [0.05, 0.1) is 6.04 Å². The third-order valence-electron chi connectivity index (χ3n) is 3.25. The van der Waals surface area contributed by atoms with Gasteiger partial charge in [-0.1, -0.05) is 17.8 Å². The molecule has 8 heteroatoms. The van der Waals surface area contributed by atoms with Crippen molar-refractivity contribution in [1.82, 2.24) is 15.6 Å². The molecular weight excluding hydrogens is 350 g/mol. The van der Waals surface area contributed by atoms with Crippen LogP contribution in [-0.2, 0) is 0 Å². The van der Waals surface area contributed by atoms with Crippen LogP contribution < -0.4 is 10.6 Å². The highest BCUT2D eigenvalue weighted by Gasteiger charge is 2.13. The SMILES string of the molecule is CN=C(NCCCSc1nccs1)NC(C)c1ccc(F)cc1F. The number of nitrogens with one attached hydrogen (secondary N) is 2. The van der Waals surface area contributed by atoms with Crippen LogP contribution in [0, 0.1) is 11.6 Å². The van der Waals surface area contributed by atoms with E-state index in [9.17, 15) is 8.78 Å². The molecule has 2 N–H and O–H groups in total. The average molecular weight is 370 g/mol. The maximum atomic E-state index is 13.8. The van der Waals surface area contributed by atoms with Crippen LogP contribution in [0.1, 0.15) is 24.9 Å². The van der Waals surface area contributed by atoms with E-state index in [1.54, 1.807) is 36.3 Å². The Labute approximate surface area is 148 Å². The van der Waals surface area contributed by atoms with Crippen LogP contribution in [0.5, 0.6) is 0 Å². The van der Waals surface area contributed by atoms with Gasteiger partial charge in [0.1, 0.15) is 16.0 Å². The van der Waals surface area contributed by atoms with Crippen LogP contribution in [0.3, 0.4) is 0 Å². The fourth-order valence-corrected chi connectivity index (χ4v) is 3.70. The molecule has 1 aromatic heterocycles.